The highest BCUT2D eigenvalue weighted by molar-refractivity contribution is 7.92. The van der Waals surface area contributed by atoms with Crippen LogP contribution in [0.3, 0.4) is 0 Å². The second-order valence-electron chi connectivity index (χ2n) is 7.95. The van der Waals surface area contributed by atoms with Crippen molar-refractivity contribution in [2.24, 2.45) is 7.05 Å². The number of ketones is 1. The molecule has 12 heteroatoms. The van der Waals surface area contributed by atoms with Gasteiger partial charge in [-0.05, 0) is 42.8 Å². The lowest BCUT2D eigenvalue weighted by molar-refractivity contribution is -0.141. The summed E-state index contributed by atoms with van der Waals surface area (Å²) in [4.78, 5) is 36.7. The smallest absolute Gasteiger partial charge is 0.326 e. The number of hydrogen-bond donors (Lipinski definition) is 1. The molecule has 3 aromatic rings. The Balaban J connectivity index is 2.12. The van der Waals surface area contributed by atoms with E-state index in [-0.39, 0.29) is 32.8 Å². The van der Waals surface area contributed by atoms with Gasteiger partial charge < -0.3 is 14.6 Å². The van der Waals surface area contributed by atoms with E-state index >= 15 is 0 Å². The lowest BCUT2D eigenvalue weighted by atomic mass is 10.1. The number of likely N-dealkylation sites (N-methyl/N-ethyl adjacent to an activating group) is 1. The summed E-state index contributed by atoms with van der Waals surface area (Å²) < 4.78 is 35.0. The molecule has 1 N–H and O–H groups in total. The van der Waals surface area contributed by atoms with Crippen LogP contribution in [0.1, 0.15) is 30.1 Å². The van der Waals surface area contributed by atoms with Crippen molar-refractivity contribution in [2.75, 3.05) is 24.5 Å². The van der Waals surface area contributed by atoms with Gasteiger partial charge in [-0.3, -0.25) is 18.7 Å². The summed E-state index contributed by atoms with van der Waals surface area (Å²) in [6, 6.07) is 8.35. The maximum atomic E-state index is 13.7. The molecule has 0 saturated heterocycles. The Bertz CT molecular complexity index is 1410. The summed E-state index contributed by atoms with van der Waals surface area (Å²) in [6.45, 7) is 1.50. The maximum absolute atomic E-state index is 13.7. The van der Waals surface area contributed by atoms with Gasteiger partial charge >= 0.3 is 5.97 Å². The second-order valence-corrected chi connectivity index (χ2v) is 10.7. The van der Waals surface area contributed by atoms with Gasteiger partial charge in [0.25, 0.3) is 21.7 Å². The van der Waals surface area contributed by atoms with E-state index in [2.05, 4.69) is 5.32 Å². The number of rotatable bonds is 10. The molecule has 1 aromatic heterocycles. The van der Waals surface area contributed by atoms with Crippen LogP contribution in [-0.4, -0.2) is 50.8 Å². The number of anilines is 1. The van der Waals surface area contributed by atoms with E-state index in [4.69, 9.17) is 27.9 Å². The van der Waals surface area contributed by atoms with Gasteiger partial charge in [0.05, 0.1) is 28.3 Å². The molecule has 0 aliphatic rings. The number of unbranched alkanes of at least 4 members (excludes halogenated alkanes) is 1. The molecule has 1 heterocycles. The average Bonchev–Trinajstić information content (AvgIpc) is 3.16. The van der Waals surface area contributed by atoms with E-state index in [0.29, 0.717) is 17.3 Å². The van der Waals surface area contributed by atoms with Crippen LogP contribution >= 0.6 is 23.2 Å². The summed E-state index contributed by atoms with van der Waals surface area (Å²) in [6.07, 6.45) is 2.93. The summed E-state index contributed by atoms with van der Waals surface area (Å²) in [5.41, 5.74) is 0.781. The zero-order valence-electron chi connectivity index (χ0n) is 19.9. The van der Waals surface area contributed by atoms with Crippen LogP contribution in [0.2, 0.25) is 10.0 Å². The minimum Gasteiger partial charge on any atom is -0.464 e. The third-order valence-corrected chi connectivity index (χ3v) is 7.59. The van der Waals surface area contributed by atoms with Crippen molar-refractivity contribution in [1.29, 1.82) is 0 Å². The van der Waals surface area contributed by atoms with Gasteiger partial charge in [-0.2, -0.15) is 0 Å². The van der Waals surface area contributed by atoms with Crippen molar-refractivity contribution in [1.82, 2.24) is 9.88 Å². The first-order valence-electron chi connectivity index (χ1n) is 11.0. The molecule has 0 saturated carbocycles. The van der Waals surface area contributed by atoms with Gasteiger partial charge in [-0.15, -0.1) is 0 Å². The topological polar surface area (TPSA) is 115 Å². The number of sulfonamides is 1. The summed E-state index contributed by atoms with van der Waals surface area (Å²) in [7, 11) is -1.30. The fourth-order valence-corrected chi connectivity index (χ4v) is 5.69. The molecule has 0 spiro atoms. The molecule has 0 bridgehead atoms. The number of fused-ring (bicyclic) bond motifs is 1. The lowest BCUT2D eigenvalue weighted by Gasteiger charge is -2.24. The predicted molar refractivity (Wildman–Crippen MR) is 138 cm³/mol. The molecule has 0 fully saturated rings. The SMILES string of the molecule is CCCCOC(=O)CN(c1ccc2c(C(=O)C(=O)NC)cn(C)c2c1)S(=O)(=O)c1cc(Cl)cc(Cl)c1. The minimum atomic E-state index is -4.31. The number of esters is 1. The molecule has 192 valence electrons. The molecular formula is C24H25Cl2N3O6S. The number of nitrogens with one attached hydrogen (secondary N) is 1. The first-order valence-corrected chi connectivity index (χ1v) is 13.2. The highest BCUT2D eigenvalue weighted by Crippen LogP contribution is 2.31. The van der Waals surface area contributed by atoms with Gasteiger partial charge in [0.1, 0.15) is 6.54 Å². The Hall–Kier alpha value is -3.08. The van der Waals surface area contributed by atoms with Crippen LogP contribution in [0.15, 0.2) is 47.5 Å². The third kappa shape index (κ3) is 5.83. The molecular weight excluding hydrogens is 529 g/mol. The second kappa shape index (κ2) is 11.3. The normalized spacial score (nSPS) is 11.4. The van der Waals surface area contributed by atoms with Crippen LogP contribution in [0.4, 0.5) is 5.69 Å². The first kappa shape index (κ1) is 27.5. The largest absolute Gasteiger partial charge is 0.464 e. The number of nitrogens with zero attached hydrogens (tertiary/aromatic N) is 2. The van der Waals surface area contributed by atoms with Crippen LogP contribution in [-0.2, 0) is 31.4 Å². The highest BCUT2D eigenvalue weighted by Gasteiger charge is 2.30. The number of hydrogen-bond acceptors (Lipinski definition) is 6. The van der Waals surface area contributed by atoms with Gasteiger partial charge in [-0.1, -0.05) is 36.5 Å². The molecule has 0 radical (unpaired) electrons. The Labute approximate surface area is 219 Å². The van der Waals surface area contributed by atoms with Crippen molar-refractivity contribution in [3.05, 3.63) is 58.2 Å². The molecule has 0 unspecified atom stereocenters. The molecule has 9 nitrogen and oxygen atoms in total. The van der Waals surface area contributed by atoms with E-state index in [1.165, 1.54) is 49.6 Å². The number of aromatic nitrogens is 1. The lowest BCUT2D eigenvalue weighted by Crippen LogP contribution is -2.36. The maximum Gasteiger partial charge on any atom is 0.326 e. The molecule has 3 rings (SSSR count). The highest BCUT2D eigenvalue weighted by atomic mass is 35.5. The number of halogens is 2. The van der Waals surface area contributed by atoms with Crippen molar-refractivity contribution >= 4 is 67.5 Å². The zero-order chi connectivity index (χ0) is 26.6. The molecule has 0 aliphatic heterocycles. The number of ether oxygens (including phenoxy) is 1. The van der Waals surface area contributed by atoms with Gasteiger partial charge in [0.2, 0.25) is 0 Å². The predicted octanol–water partition coefficient (Wildman–Crippen LogP) is 3.95. The van der Waals surface area contributed by atoms with Crippen molar-refractivity contribution in [3.63, 3.8) is 0 Å². The summed E-state index contributed by atoms with van der Waals surface area (Å²) in [5, 5.41) is 2.97. The number of amides is 1. The van der Waals surface area contributed by atoms with Crippen LogP contribution in [0.5, 0.6) is 0 Å². The van der Waals surface area contributed by atoms with Gasteiger partial charge in [-0.25, -0.2) is 8.42 Å². The Morgan fingerprint density at radius 2 is 1.75 bits per heavy atom. The zero-order valence-corrected chi connectivity index (χ0v) is 22.2. The van der Waals surface area contributed by atoms with E-state index in [0.717, 1.165) is 10.7 Å². The molecule has 36 heavy (non-hydrogen) atoms. The number of aryl methyl sites for hydroxylation is 1. The van der Waals surface area contributed by atoms with Crippen LogP contribution in [0, 0.1) is 0 Å². The summed E-state index contributed by atoms with van der Waals surface area (Å²) in [5.74, 6) is -2.24. The number of carbonyl (C=O) groups is 3. The quantitative estimate of drug-likeness (QED) is 0.176. The van der Waals surface area contributed by atoms with Crippen LogP contribution < -0.4 is 9.62 Å². The van der Waals surface area contributed by atoms with E-state index in [1.54, 1.807) is 11.6 Å². The molecule has 0 atom stereocenters. The van der Waals surface area contributed by atoms with Crippen LogP contribution in [0.25, 0.3) is 10.9 Å². The molecule has 0 aliphatic carbocycles. The fraction of sp³-hybridized carbons (Fsp3) is 0.292. The Kier molecular flexibility index (Phi) is 8.65. The standard InChI is InChI=1S/C24H25Cl2N3O6S/c1-4-5-8-35-22(30)14-29(36(33,34)18-10-15(25)9-16(26)11-18)17-6-7-19-20(23(31)24(32)27-2)13-28(3)21(19)12-17/h6-7,9-13H,4-5,8,14H2,1-3H3,(H,27,32). The number of Topliss-reactive ketones (excluding diaryl/α,β-unsaturated/α-hetero) is 1. The Morgan fingerprint density at radius 3 is 2.36 bits per heavy atom. The fourth-order valence-electron chi connectivity index (χ4n) is 3.56. The average molecular weight is 554 g/mol. The third-order valence-electron chi connectivity index (χ3n) is 5.40. The number of benzene rings is 2. The van der Waals surface area contributed by atoms with Gasteiger partial charge in [0.15, 0.2) is 0 Å². The van der Waals surface area contributed by atoms with Crippen molar-refractivity contribution in [2.45, 2.75) is 24.7 Å². The number of carbonyl (C=O) groups excluding carboxylic acids is 3. The molecule has 2 aromatic carbocycles. The summed E-state index contributed by atoms with van der Waals surface area (Å²) >= 11 is 12.1. The van der Waals surface area contributed by atoms with E-state index in [9.17, 15) is 22.8 Å². The van der Waals surface area contributed by atoms with Gasteiger partial charge in [0, 0.05) is 35.7 Å². The Morgan fingerprint density at radius 1 is 1.08 bits per heavy atom. The molecule has 1 amide bonds. The van der Waals surface area contributed by atoms with Crippen molar-refractivity contribution in [3.8, 4) is 0 Å². The minimum absolute atomic E-state index is 0.113. The monoisotopic (exact) mass is 553 g/mol. The van der Waals surface area contributed by atoms with E-state index in [1.807, 2.05) is 6.92 Å². The van der Waals surface area contributed by atoms with Crippen molar-refractivity contribution < 1.29 is 27.5 Å². The first-order chi connectivity index (χ1) is 17.0. The van der Waals surface area contributed by atoms with E-state index < -0.39 is 34.2 Å².